The Morgan fingerprint density at radius 2 is 2.03 bits per heavy atom. The monoisotopic (exact) mass is 423 g/mol. The number of hydrogen-bond acceptors (Lipinski definition) is 3. The molecule has 0 unspecified atom stereocenters. The summed E-state index contributed by atoms with van der Waals surface area (Å²) in [6.45, 7) is 8.90. The first kappa shape index (κ1) is 23.3. The smallest absolute Gasteiger partial charge is 0.247 e. The third-order valence-corrected chi connectivity index (χ3v) is 7.21. The lowest BCUT2D eigenvalue weighted by Gasteiger charge is -2.48. The van der Waals surface area contributed by atoms with Crippen LogP contribution in [0.25, 0.3) is 0 Å². The number of carbonyl (C=O) groups is 1. The fourth-order valence-electron chi connectivity index (χ4n) is 5.31. The summed E-state index contributed by atoms with van der Waals surface area (Å²) in [6, 6.07) is 7.70. The number of aliphatic hydroxyl groups excluding tert-OH is 1. The highest BCUT2D eigenvalue weighted by Crippen LogP contribution is 2.48. The Bertz CT molecular complexity index is 856. The van der Waals surface area contributed by atoms with E-state index < -0.39 is 0 Å². The van der Waals surface area contributed by atoms with Crippen molar-refractivity contribution < 1.29 is 14.6 Å². The molecule has 7 atom stereocenters. The first-order valence-corrected chi connectivity index (χ1v) is 11.4. The average molecular weight is 424 g/mol. The third-order valence-electron chi connectivity index (χ3n) is 7.21. The lowest BCUT2D eigenvalue weighted by atomic mass is 9.58. The molecule has 1 amide bonds. The second-order valence-electron chi connectivity index (χ2n) is 9.39. The number of nitrogens with one attached hydrogen (secondary N) is 1. The second kappa shape index (κ2) is 10.3. The molecule has 0 heterocycles. The van der Waals surface area contributed by atoms with E-state index in [-0.39, 0.29) is 17.9 Å². The number of allylic oxidation sites excluding steroid dienone is 5. The lowest BCUT2D eigenvalue weighted by Crippen LogP contribution is -2.46. The van der Waals surface area contributed by atoms with Gasteiger partial charge >= 0.3 is 0 Å². The molecule has 0 saturated heterocycles. The van der Waals surface area contributed by atoms with Gasteiger partial charge in [-0.05, 0) is 66.5 Å². The number of aliphatic hydroxyl groups is 1. The Hall–Kier alpha value is -2.33. The quantitative estimate of drug-likeness (QED) is 0.388. The Morgan fingerprint density at radius 1 is 1.26 bits per heavy atom. The van der Waals surface area contributed by atoms with Crippen molar-refractivity contribution in [3.8, 4) is 5.75 Å². The molecule has 0 aliphatic heterocycles. The van der Waals surface area contributed by atoms with Crippen LogP contribution in [0.15, 0.2) is 60.2 Å². The van der Waals surface area contributed by atoms with Gasteiger partial charge in [0, 0.05) is 12.1 Å². The molecule has 3 rings (SSSR count). The number of hydrogen-bond donors (Lipinski definition) is 2. The molecule has 0 bridgehead atoms. The third kappa shape index (κ3) is 5.48. The lowest BCUT2D eigenvalue weighted by molar-refractivity contribution is -0.117. The molecule has 4 nitrogen and oxygen atoms in total. The van der Waals surface area contributed by atoms with Crippen molar-refractivity contribution in [1.29, 1.82) is 0 Å². The van der Waals surface area contributed by atoms with Crippen LogP contribution in [0.5, 0.6) is 5.75 Å². The normalized spacial score (nSPS) is 33.2. The Balaban J connectivity index is 1.63. The fourth-order valence-corrected chi connectivity index (χ4v) is 5.31. The van der Waals surface area contributed by atoms with Gasteiger partial charge in [-0.1, -0.05) is 63.3 Å². The molecular weight excluding hydrogens is 386 g/mol. The van der Waals surface area contributed by atoms with Crippen LogP contribution in [0.4, 0.5) is 0 Å². The van der Waals surface area contributed by atoms with Gasteiger partial charge in [0.25, 0.3) is 0 Å². The van der Waals surface area contributed by atoms with Crippen molar-refractivity contribution in [1.82, 2.24) is 5.32 Å². The summed E-state index contributed by atoms with van der Waals surface area (Å²) in [7, 11) is 1.64. The summed E-state index contributed by atoms with van der Waals surface area (Å²) in [5, 5.41) is 13.6. The standard InChI is InChI=1S/C27H37NO3/c1-17-12-13-22-14-19(3)26(29)20(4)25(22)24(17)11-6-8-18(2)27(30)28-16-21-9-7-10-23(15-21)31-5/h6-13,15,17,19-20,22,24-26,29H,14,16H2,1-5H3,(H,28,30)/t17-,19+,20-,22-,24-,25-,26-/m0/s1. The van der Waals surface area contributed by atoms with E-state index in [0.717, 1.165) is 17.7 Å². The number of fused-ring (bicyclic) bond motifs is 1. The van der Waals surface area contributed by atoms with Crippen LogP contribution in [-0.4, -0.2) is 24.2 Å². The Kier molecular flexibility index (Phi) is 7.77. The van der Waals surface area contributed by atoms with Crippen LogP contribution in [0.1, 0.15) is 39.7 Å². The summed E-state index contributed by atoms with van der Waals surface area (Å²) in [5.74, 6) is 3.09. The molecule has 31 heavy (non-hydrogen) atoms. The summed E-state index contributed by atoms with van der Waals surface area (Å²) in [6.07, 6.45) is 11.7. The second-order valence-corrected chi connectivity index (χ2v) is 9.39. The Morgan fingerprint density at radius 3 is 2.77 bits per heavy atom. The van der Waals surface area contributed by atoms with Gasteiger partial charge in [-0.2, -0.15) is 0 Å². The zero-order valence-electron chi connectivity index (χ0n) is 19.4. The van der Waals surface area contributed by atoms with Crippen LogP contribution in [-0.2, 0) is 11.3 Å². The van der Waals surface area contributed by atoms with E-state index in [1.807, 2.05) is 43.3 Å². The molecule has 168 valence electrons. The maximum Gasteiger partial charge on any atom is 0.247 e. The van der Waals surface area contributed by atoms with Crippen LogP contribution >= 0.6 is 0 Å². The van der Waals surface area contributed by atoms with Crippen LogP contribution < -0.4 is 10.1 Å². The van der Waals surface area contributed by atoms with Crippen LogP contribution in [0.3, 0.4) is 0 Å². The van der Waals surface area contributed by atoms with Gasteiger partial charge in [0.1, 0.15) is 5.75 Å². The molecule has 1 aromatic carbocycles. The first-order valence-electron chi connectivity index (χ1n) is 11.4. The van der Waals surface area contributed by atoms with Gasteiger partial charge in [0.15, 0.2) is 0 Å². The number of amides is 1. The van der Waals surface area contributed by atoms with Crippen LogP contribution in [0.2, 0.25) is 0 Å². The Labute approximate surface area is 187 Å². The van der Waals surface area contributed by atoms with Crippen molar-refractivity contribution >= 4 is 5.91 Å². The highest BCUT2D eigenvalue weighted by molar-refractivity contribution is 5.93. The van der Waals surface area contributed by atoms with Crippen molar-refractivity contribution in [2.45, 2.75) is 46.8 Å². The molecule has 0 aromatic heterocycles. The number of carbonyl (C=O) groups excluding carboxylic acids is 1. The fraction of sp³-hybridized carbons (Fsp3) is 0.519. The van der Waals surface area contributed by atoms with E-state index in [1.54, 1.807) is 7.11 Å². The van der Waals surface area contributed by atoms with E-state index in [9.17, 15) is 9.90 Å². The van der Waals surface area contributed by atoms with E-state index in [1.165, 1.54) is 0 Å². The van der Waals surface area contributed by atoms with E-state index >= 15 is 0 Å². The van der Waals surface area contributed by atoms with E-state index in [2.05, 4.69) is 44.3 Å². The predicted molar refractivity (Wildman–Crippen MR) is 125 cm³/mol. The zero-order valence-corrected chi connectivity index (χ0v) is 19.4. The van der Waals surface area contributed by atoms with E-state index in [0.29, 0.717) is 41.7 Å². The molecule has 1 saturated carbocycles. The highest BCUT2D eigenvalue weighted by atomic mass is 16.5. The van der Waals surface area contributed by atoms with Crippen molar-refractivity contribution in [2.75, 3.05) is 7.11 Å². The number of ether oxygens (including phenoxy) is 1. The largest absolute Gasteiger partial charge is 0.497 e. The molecule has 2 N–H and O–H groups in total. The zero-order chi connectivity index (χ0) is 22.5. The molecular formula is C27H37NO3. The number of benzene rings is 1. The molecule has 2 aliphatic carbocycles. The molecule has 0 spiro atoms. The van der Waals surface area contributed by atoms with Gasteiger partial charge in [-0.3, -0.25) is 4.79 Å². The van der Waals surface area contributed by atoms with Gasteiger partial charge in [-0.25, -0.2) is 0 Å². The number of rotatable bonds is 6. The number of methoxy groups -OCH3 is 1. The van der Waals surface area contributed by atoms with Gasteiger partial charge < -0.3 is 15.2 Å². The molecule has 2 aliphatic rings. The van der Waals surface area contributed by atoms with Crippen molar-refractivity contribution in [3.63, 3.8) is 0 Å². The summed E-state index contributed by atoms with van der Waals surface area (Å²) >= 11 is 0. The highest BCUT2D eigenvalue weighted by Gasteiger charge is 2.44. The van der Waals surface area contributed by atoms with Gasteiger partial charge in [0.05, 0.1) is 13.2 Å². The minimum absolute atomic E-state index is 0.0720. The first-order chi connectivity index (χ1) is 14.8. The summed E-state index contributed by atoms with van der Waals surface area (Å²) in [5.41, 5.74) is 1.68. The van der Waals surface area contributed by atoms with Gasteiger partial charge in [-0.15, -0.1) is 0 Å². The van der Waals surface area contributed by atoms with Crippen molar-refractivity contribution in [3.05, 3.63) is 65.8 Å². The predicted octanol–water partition coefficient (Wildman–Crippen LogP) is 4.91. The van der Waals surface area contributed by atoms with Gasteiger partial charge in [0.2, 0.25) is 5.91 Å². The molecule has 1 fully saturated rings. The van der Waals surface area contributed by atoms with E-state index in [4.69, 9.17) is 4.74 Å². The molecule has 4 heteroatoms. The maximum absolute atomic E-state index is 12.5. The minimum atomic E-state index is -0.240. The minimum Gasteiger partial charge on any atom is -0.497 e. The maximum atomic E-state index is 12.5. The summed E-state index contributed by atoms with van der Waals surface area (Å²) in [4.78, 5) is 12.5. The molecule has 1 aromatic rings. The molecule has 0 radical (unpaired) electrons. The van der Waals surface area contributed by atoms with Crippen molar-refractivity contribution in [2.24, 2.45) is 35.5 Å². The van der Waals surface area contributed by atoms with Crippen LogP contribution in [0, 0.1) is 35.5 Å². The summed E-state index contributed by atoms with van der Waals surface area (Å²) < 4.78 is 5.23. The SMILES string of the molecule is COc1cccc(CNC(=O)C(C)=CC=C[C@@H]2[C@H]3[C@H](C)[C@@H](O)[C@H](C)C[C@@H]3C=C[C@@H]2C)c1. The average Bonchev–Trinajstić information content (AvgIpc) is 2.77. The topological polar surface area (TPSA) is 58.6 Å².